The second-order valence-electron chi connectivity index (χ2n) is 3.52. The normalized spacial score (nSPS) is 11.8. The average Bonchev–Trinajstić information content (AvgIpc) is 2.74. The zero-order valence-electron chi connectivity index (χ0n) is 8.89. The van der Waals surface area contributed by atoms with Crippen molar-refractivity contribution in [3.63, 3.8) is 0 Å². The van der Waals surface area contributed by atoms with Crippen LogP contribution in [0.15, 0.2) is 36.9 Å². The van der Waals surface area contributed by atoms with Crippen molar-refractivity contribution in [2.45, 2.75) is 12.6 Å². The number of phenolic OH excluding ortho intramolecular Hbond substituents is 2. The maximum Gasteiger partial charge on any atom is 0.157 e. The lowest BCUT2D eigenvalue weighted by Crippen LogP contribution is -2.06. The lowest BCUT2D eigenvalue weighted by molar-refractivity contribution is 0.156. The van der Waals surface area contributed by atoms with Crippen LogP contribution in [0.3, 0.4) is 0 Å². The Morgan fingerprint density at radius 1 is 1.24 bits per heavy atom. The topological polar surface area (TPSA) is 78.5 Å². The van der Waals surface area contributed by atoms with Crippen LogP contribution in [0.25, 0.3) is 0 Å². The third kappa shape index (κ3) is 3.12. The van der Waals surface area contributed by atoms with E-state index in [2.05, 4.69) is 4.98 Å². The Kier molecular flexibility index (Phi) is 4.37. The molecule has 6 heteroatoms. The van der Waals surface area contributed by atoms with Crippen LogP contribution in [-0.2, 0) is 6.54 Å². The van der Waals surface area contributed by atoms with Gasteiger partial charge in [0.25, 0.3) is 0 Å². The van der Waals surface area contributed by atoms with Gasteiger partial charge in [-0.15, -0.1) is 12.4 Å². The first-order valence-corrected chi connectivity index (χ1v) is 4.82. The first-order valence-electron chi connectivity index (χ1n) is 4.82. The van der Waals surface area contributed by atoms with Crippen molar-refractivity contribution in [3.8, 4) is 11.5 Å². The van der Waals surface area contributed by atoms with Gasteiger partial charge in [-0.2, -0.15) is 0 Å². The summed E-state index contributed by atoms with van der Waals surface area (Å²) in [6, 6.07) is 4.26. The van der Waals surface area contributed by atoms with E-state index in [1.807, 2.05) is 0 Å². The maximum absolute atomic E-state index is 9.87. The van der Waals surface area contributed by atoms with E-state index in [0.717, 1.165) is 0 Å². The highest BCUT2D eigenvalue weighted by molar-refractivity contribution is 5.85. The van der Waals surface area contributed by atoms with Crippen molar-refractivity contribution in [1.29, 1.82) is 0 Å². The molecular weight excluding hydrogens is 244 g/mol. The summed E-state index contributed by atoms with van der Waals surface area (Å²) in [6.45, 7) is 0.351. The number of aliphatic hydroxyl groups excluding tert-OH is 1. The van der Waals surface area contributed by atoms with Crippen LogP contribution in [0.5, 0.6) is 11.5 Å². The molecular formula is C11H13ClN2O3. The van der Waals surface area contributed by atoms with E-state index in [-0.39, 0.29) is 23.9 Å². The van der Waals surface area contributed by atoms with Gasteiger partial charge >= 0.3 is 0 Å². The number of imidazole rings is 1. The monoisotopic (exact) mass is 256 g/mol. The largest absolute Gasteiger partial charge is 0.504 e. The molecule has 2 rings (SSSR count). The third-order valence-electron chi connectivity index (χ3n) is 2.33. The molecule has 2 aromatic rings. The number of aromatic nitrogens is 2. The fourth-order valence-corrected chi connectivity index (χ4v) is 1.45. The van der Waals surface area contributed by atoms with Gasteiger partial charge in [0.05, 0.1) is 19.0 Å². The Balaban J connectivity index is 0.00000144. The van der Waals surface area contributed by atoms with Gasteiger partial charge in [-0.25, -0.2) is 4.98 Å². The number of aliphatic hydroxyl groups is 1. The van der Waals surface area contributed by atoms with E-state index >= 15 is 0 Å². The van der Waals surface area contributed by atoms with Gasteiger partial charge < -0.3 is 19.9 Å². The fourth-order valence-electron chi connectivity index (χ4n) is 1.45. The molecule has 0 bridgehead atoms. The number of aromatic hydroxyl groups is 2. The number of phenols is 2. The summed E-state index contributed by atoms with van der Waals surface area (Å²) in [4.78, 5) is 3.86. The van der Waals surface area contributed by atoms with Gasteiger partial charge in [-0.3, -0.25) is 0 Å². The summed E-state index contributed by atoms with van der Waals surface area (Å²) in [7, 11) is 0. The first kappa shape index (κ1) is 13.3. The third-order valence-corrected chi connectivity index (χ3v) is 2.33. The van der Waals surface area contributed by atoms with Crippen molar-refractivity contribution < 1.29 is 15.3 Å². The lowest BCUT2D eigenvalue weighted by Gasteiger charge is -2.12. The molecule has 0 aliphatic carbocycles. The molecule has 1 heterocycles. The molecule has 92 valence electrons. The smallest absolute Gasteiger partial charge is 0.157 e. The summed E-state index contributed by atoms with van der Waals surface area (Å²) >= 11 is 0. The van der Waals surface area contributed by atoms with Gasteiger partial charge in [0.2, 0.25) is 0 Å². The van der Waals surface area contributed by atoms with Crippen LogP contribution < -0.4 is 0 Å². The number of rotatable bonds is 3. The predicted molar refractivity (Wildman–Crippen MR) is 64.2 cm³/mol. The van der Waals surface area contributed by atoms with Crippen LogP contribution in [0.1, 0.15) is 11.7 Å². The lowest BCUT2D eigenvalue weighted by atomic mass is 10.1. The highest BCUT2D eigenvalue weighted by Crippen LogP contribution is 2.28. The number of nitrogens with zero attached hydrogens (tertiary/aromatic N) is 2. The standard InChI is InChI=1S/C11H12N2O3.ClH/c14-9-2-1-8(5-10(9)15)11(16)6-13-4-3-12-7-13;/h1-5,7,11,14-16H,6H2;1H. The summed E-state index contributed by atoms with van der Waals surface area (Å²) in [5, 5.41) is 28.3. The number of hydrogen-bond donors (Lipinski definition) is 3. The Morgan fingerprint density at radius 3 is 2.59 bits per heavy atom. The molecule has 0 fully saturated rings. The van der Waals surface area contributed by atoms with E-state index < -0.39 is 6.10 Å². The SMILES string of the molecule is Cl.Oc1ccc(C(O)Cn2ccnc2)cc1O. The number of hydrogen-bond acceptors (Lipinski definition) is 4. The van der Waals surface area contributed by atoms with Crippen molar-refractivity contribution in [2.75, 3.05) is 0 Å². The van der Waals surface area contributed by atoms with Crippen LogP contribution in [-0.4, -0.2) is 24.9 Å². The van der Waals surface area contributed by atoms with Crippen LogP contribution >= 0.6 is 12.4 Å². The Bertz CT molecular complexity index is 474. The quantitative estimate of drug-likeness (QED) is 0.727. The van der Waals surface area contributed by atoms with Gasteiger partial charge in [0.1, 0.15) is 0 Å². The Labute approximate surface area is 104 Å². The molecule has 1 aromatic heterocycles. The molecule has 1 atom stereocenters. The molecule has 1 unspecified atom stereocenters. The van der Waals surface area contributed by atoms with E-state index in [9.17, 15) is 10.2 Å². The maximum atomic E-state index is 9.87. The van der Waals surface area contributed by atoms with Crippen LogP contribution in [0, 0.1) is 0 Å². The second kappa shape index (κ2) is 5.56. The predicted octanol–water partition coefficient (Wildman–Crippen LogP) is 1.45. The summed E-state index contributed by atoms with van der Waals surface area (Å²) in [5.41, 5.74) is 0.545. The van der Waals surface area contributed by atoms with Gasteiger partial charge in [-0.1, -0.05) is 6.07 Å². The molecule has 0 spiro atoms. The minimum atomic E-state index is -0.749. The van der Waals surface area contributed by atoms with Crippen LogP contribution in [0.2, 0.25) is 0 Å². The van der Waals surface area contributed by atoms with Gasteiger partial charge in [0.15, 0.2) is 11.5 Å². The van der Waals surface area contributed by atoms with E-state index in [1.54, 1.807) is 29.4 Å². The Morgan fingerprint density at radius 2 is 2.00 bits per heavy atom. The molecule has 0 aliphatic heterocycles. The molecule has 3 N–H and O–H groups in total. The zero-order valence-corrected chi connectivity index (χ0v) is 9.71. The van der Waals surface area contributed by atoms with E-state index in [4.69, 9.17) is 5.11 Å². The second-order valence-corrected chi connectivity index (χ2v) is 3.52. The minimum absolute atomic E-state index is 0. The molecule has 0 aliphatic rings. The molecule has 0 saturated heterocycles. The molecule has 5 nitrogen and oxygen atoms in total. The fraction of sp³-hybridized carbons (Fsp3) is 0.182. The average molecular weight is 257 g/mol. The van der Waals surface area contributed by atoms with Crippen molar-refractivity contribution in [2.24, 2.45) is 0 Å². The molecule has 1 aromatic carbocycles. The summed E-state index contributed by atoms with van der Waals surface area (Å²) < 4.78 is 1.73. The highest BCUT2D eigenvalue weighted by Gasteiger charge is 2.10. The Hall–Kier alpha value is -1.72. The summed E-state index contributed by atoms with van der Waals surface area (Å²) in [5.74, 6) is -0.430. The van der Waals surface area contributed by atoms with E-state index in [0.29, 0.717) is 12.1 Å². The number of benzene rings is 1. The van der Waals surface area contributed by atoms with E-state index in [1.165, 1.54) is 12.1 Å². The molecule has 0 amide bonds. The summed E-state index contributed by atoms with van der Waals surface area (Å²) in [6.07, 6.45) is 4.22. The minimum Gasteiger partial charge on any atom is -0.504 e. The zero-order chi connectivity index (χ0) is 11.5. The van der Waals surface area contributed by atoms with Gasteiger partial charge in [-0.05, 0) is 17.7 Å². The number of halogens is 1. The highest BCUT2D eigenvalue weighted by atomic mass is 35.5. The molecule has 0 radical (unpaired) electrons. The molecule has 0 saturated carbocycles. The van der Waals surface area contributed by atoms with Crippen molar-refractivity contribution in [1.82, 2.24) is 9.55 Å². The van der Waals surface area contributed by atoms with Crippen LogP contribution in [0.4, 0.5) is 0 Å². The van der Waals surface area contributed by atoms with Crippen molar-refractivity contribution >= 4 is 12.4 Å². The van der Waals surface area contributed by atoms with Gasteiger partial charge in [0, 0.05) is 12.4 Å². The first-order chi connectivity index (χ1) is 7.66. The molecule has 17 heavy (non-hydrogen) atoms. The van der Waals surface area contributed by atoms with Crippen molar-refractivity contribution in [3.05, 3.63) is 42.5 Å².